The topological polar surface area (TPSA) is 92.7 Å². The van der Waals surface area contributed by atoms with Crippen molar-refractivity contribution in [2.75, 3.05) is 26.4 Å². The summed E-state index contributed by atoms with van der Waals surface area (Å²) < 4.78 is 37.9. The molecule has 0 aromatic carbocycles. The van der Waals surface area contributed by atoms with Crippen LogP contribution in [0.4, 0.5) is 0 Å². The molecule has 8 heteroatoms. The highest BCUT2D eigenvalue weighted by Crippen LogP contribution is 2.48. The summed E-state index contributed by atoms with van der Waals surface area (Å²) in [5.41, 5.74) is 1.19. The number of allylic oxidation sites excluding steroid dienone is 4. The van der Waals surface area contributed by atoms with Crippen LogP contribution in [0, 0.1) is 23.7 Å². The van der Waals surface area contributed by atoms with E-state index in [9.17, 15) is 9.90 Å². The Balaban J connectivity index is 1.49. The first kappa shape index (κ1) is 34.5. The van der Waals surface area contributed by atoms with Crippen LogP contribution in [0.25, 0.3) is 0 Å². The van der Waals surface area contributed by atoms with Gasteiger partial charge in [-0.1, -0.05) is 63.6 Å². The second-order valence-electron chi connectivity index (χ2n) is 14.5. The third-order valence-electron chi connectivity index (χ3n) is 10.4. The maximum absolute atomic E-state index is 14.2. The molecule has 4 heterocycles. The van der Waals surface area contributed by atoms with E-state index < -0.39 is 41.6 Å². The average molecular weight is 629 g/mol. The second kappa shape index (κ2) is 14.5. The number of carbonyl (C=O) groups is 1. The predicted octanol–water partition coefficient (Wildman–Crippen LogP) is 6.23. The zero-order valence-corrected chi connectivity index (χ0v) is 28.5. The quantitative estimate of drug-likeness (QED) is 0.210. The van der Waals surface area contributed by atoms with E-state index >= 15 is 0 Å². The largest absolute Gasteiger partial charge is 0.462 e. The number of rotatable bonds is 6. The van der Waals surface area contributed by atoms with Crippen LogP contribution in [0.15, 0.2) is 47.1 Å². The molecule has 5 rings (SSSR count). The third kappa shape index (κ3) is 7.52. The Bertz CT molecular complexity index is 1170. The summed E-state index contributed by atoms with van der Waals surface area (Å²) in [6, 6.07) is 0. The van der Waals surface area contributed by atoms with Gasteiger partial charge in [-0.15, -0.1) is 0 Å². The smallest absolute Gasteiger partial charge is 0.316 e. The molecule has 1 N–H and O–H groups in total. The molecule has 3 saturated heterocycles. The van der Waals surface area contributed by atoms with E-state index in [1.807, 2.05) is 32.1 Å². The molecule has 0 aromatic rings. The van der Waals surface area contributed by atoms with Gasteiger partial charge in [0.1, 0.15) is 29.8 Å². The molecule has 0 radical (unpaired) electrons. The highest BCUT2D eigenvalue weighted by Gasteiger charge is 2.60. The lowest BCUT2D eigenvalue weighted by molar-refractivity contribution is -0.340. The fourth-order valence-electron chi connectivity index (χ4n) is 8.06. The number of ether oxygens (including phenoxy) is 6. The number of carbonyl (C=O) groups excluding carboxylic acids is 1. The summed E-state index contributed by atoms with van der Waals surface area (Å²) in [6.07, 6.45) is 12.9. The Morgan fingerprint density at radius 2 is 1.93 bits per heavy atom. The van der Waals surface area contributed by atoms with E-state index in [1.165, 1.54) is 5.57 Å². The second-order valence-corrected chi connectivity index (χ2v) is 14.5. The Labute approximate surface area is 270 Å². The Hall–Kier alpha value is -1.81. The lowest BCUT2D eigenvalue weighted by atomic mass is 9.70. The average Bonchev–Trinajstić information content (AvgIpc) is 3.32. The van der Waals surface area contributed by atoms with Crippen LogP contribution in [-0.2, 0) is 33.2 Å². The number of hydrogen-bond donors (Lipinski definition) is 1. The first-order valence-electron chi connectivity index (χ1n) is 17.3. The van der Waals surface area contributed by atoms with Crippen LogP contribution in [-0.4, -0.2) is 79.4 Å². The van der Waals surface area contributed by atoms with Crippen molar-refractivity contribution in [2.45, 2.75) is 129 Å². The summed E-state index contributed by atoms with van der Waals surface area (Å²) in [5, 5.41) is 12.5. The molecule has 1 spiro atoms. The molecule has 8 nitrogen and oxygen atoms in total. The van der Waals surface area contributed by atoms with Gasteiger partial charge >= 0.3 is 5.97 Å². The lowest BCUT2D eigenvalue weighted by Crippen LogP contribution is -2.59. The number of esters is 1. The van der Waals surface area contributed by atoms with Crippen LogP contribution >= 0.6 is 0 Å². The van der Waals surface area contributed by atoms with Gasteiger partial charge in [0.25, 0.3) is 0 Å². The zero-order chi connectivity index (χ0) is 32.4. The lowest BCUT2D eigenvalue weighted by Gasteiger charge is -2.50. The van der Waals surface area contributed by atoms with E-state index in [1.54, 1.807) is 0 Å². The van der Waals surface area contributed by atoms with Crippen molar-refractivity contribution in [2.24, 2.45) is 23.7 Å². The van der Waals surface area contributed by atoms with Gasteiger partial charge in [-0.2, -0.15) is 0 Å². The molecule has 5 aliphatic rings. The normalized spacial score (nSPS) is 43.9. The minimum atomic E-state index is -1.60. The van der Waals surface area contributed by atoms with Gasteiger partial charge in [-0.05, 0) is 68.9 Å². The van der Waals surface area contributed by atoms with Gasteiger partial charge in [-0.25, -0.2) is 0 Å². The van der Waals surface area contributed by atoms with Crippen molar-refractivity contribution in [3.8, 4) is 0 Å². The van der Waals surface area contributed by atoms with Gasteiger partial charge in [0.2, 0.25) is 0 Å². The molecule has 0 saturated carbocycles. The fraction of sp³-hybridized carbons (Fsp3) is 0.757. The van der Waals surface area contributed by atoms with Crippen molar-refractivity contribution in [3.63, 3.8) is 0 Å². The number of aliphatic hydroxyl groups is 1. The van der Waals surface area contributed by atoms with Crippen LogP contribution in [0.2, 0.25) is 0 Å². The summed E-state index contributed by atoms with van der Waals surface area (Å²) in [6.45, 7) is 16.5. The maximum Gasteiger partial charge on any atom is 0.316 e. The Morgan fingerprint density at radius 1 is 1.13 bits per heavy atom. The standard InChI is InChI=1S/C37H56O8/c1-8-40-16-17-41-33-27(7)19-31-35(38)43-30-20-29(44-36(21-30)15-14-26(6)32(45-36)23(2)3)13-12-25(5)18-24(4)10-9-11-28-22-42-34(33)37(28,31)39/h9-12,19,23-24,26,29-34,39H,8,13-18,20-22H2,1-7H3/b10-9+,25-12+,28-11+/t24-,26-,29+,30-,31-,32+,33+,34+,36+,37+/m0/s1. The first-order chi connectivity index (χ1) is 21.5. The first-order valence-corrected chi connectivity index (χ1v) is 17.3. The van der Waals surface area contributed by atoms with E-state index in [-0.39, 0.29) is 18.8 Å². The summed E-state index contributed by atoms with van der Waals surface area (Å²) in [7, 11) is 0. The van der Waals surface area contributed by atoms with Crippen molar-refractivity contribution in [3.05, 3.63) is 47.1 Å². The van der Waals surface area contributed by atoms with Crippen molar-refractivity contribution >= 4 is 5.97 Å². The zero-order valence-electron chi connectivity index (χ0n) is 28.5. The molecule has 0 aromatic heterocycles. The van der Waals surface area contributed by atoms with Gasteiger partial charge in [0, 0.05) is 25.9 Å². The minimum absolute atomic E-state index is 0.0741. The highest BCUT2D eigenvalue weighted by atomic mass is 16.7. The minimum Gasteiger partial charge on any atom is -0.462 e. The number of hydrogen-bond acceptors (Lipinski definition) is 8. The molecule has 4 aliphatic heterocycles. The van der Waals surface area contributed by atoms with E-state index in [4.69, 9.17) is 28.4 Å². The Morgan fingerprint density at radius 3 is 2.69 bits per heavy atom. The summed E-state index contributed by atoms with van der Waals surface area (Å²) >= 11 is 0. The van der Waals surface area contributed by atoms with Gasteiger partial charge in [0.05, 0.1) is 32.0 Å². The van der Waals surface area contributed by atoms with Crippen LogP contribution < -0.4 is 0 Å². The van der Waals surface area contributed by atoms with E-state index in [0.717, 1.165) is 31.3 Å². The van der Waals surface area contributed by atoms with Crippen molar-refractivity contribution in [1.82, 2.24) is 0 Å². The molecule has 3 fully saturated rings. The maximum atomic E-state index is 14.2. The molecule has 10 atom stereocenters. The molecule has 0 unspecified atom stereocenters. The molecular weight excluding hydrogens is 572 g/mol. The van der Waals surface area contributed by atoms with Crippen LogP contribution in [0.3, 0.4) is 0 Å². The van der Waals surface area contributed by atoms with Crippen molar-refractivity contribution < 1.29 is 38.3 Å². The monoisotopic (exact) mass is 628 g/mol. The van der Waals surface area contributed by atoms with Gasteiger partial charge in [-0.3, -0.25) is 4.79 Å². The van der Waals surface area contributed by atoms with Gasteiger partial charge < -0.3 is 33.5 Å². The molecule has 1 aliphatic carbocycles. The van der Waals surface area contributed by atoms with Crippen molar-refractivity contribution in [1.29, 1.82) is 0 Å². The predicted molar refractivity (Wildman–Crippen MR) is 172 cm³/mol. The van der Waals surface area contributed by atoms with E-state index in [0.29, 0.717) is 56.0 Å². The number of fused-ring (bicyclic) bond motifs is 2. The highest BCUT2D eigenvalue weighted by molar-refractivity contribution is 5.78. The molecule has 45 heavy (non-hydrogen) atoms. The summed E-state index contributed by atoms with van der Waals surface area (Å²) in [4.78, 5) is 14.2. The Kier molecular flexibility index (Phi) is 11.1. The third-order valence-corrected chi connectivity index (χ3v) is 10.4. The molecular formula is C37H56O8. The van der Waals surface area contributed by atoms with E-state index in [2.05, 4.69) is 46.8 Å². The molecule has 0 amide bonds. The molecule has 252 valence electrons. The fourth-order valence-corrected chi connectivity index (χ4v) is 8.06. The summed E-state index contributed by atoms with van der Waals surface area (Å²) in [5.74, 6) is -1.10. The SMILES string of the molecule is CCOCCO[C@@H]1C(C)=C[C@H]2C(=O)O[C@H]3C[C@@H](C/C=C(\C)C[C@@H](C)/C=C/C=C4\CO[C@H]1[C@@]42O)O[C@@]1(CC[C@H](C)[C@@H](C(C)C)O1)C3. The van der Waals surface area contributed by atoms with Gasteiger partial charge in [0.15, 0.2) is 5.79 Å². The van der Waals surface area contributed by atoms with Crippen LogP contribution in [0.1, 0.15) is 87.0 Å². The van der Waals surface area contributed by atoms with Crippen LogP contribution in [0.5, 0.6) is 0 Å². The molecule has 2 bridgehead atoms.